The lowest BCUT2D eigenvalue weighted by Gasteiger charge is -2.02. The number of rotatable bonds is 2. The van der Waals surface area contributed by atoms with Crippen molar-refractivity contribution in [2.45, 2.75) is 6.92 Å². The minimum absolute atomic E-state index is 0.133. The predicted octanol–water partition coefficient (Wildman–Crippen LogP) is 4.16. The van der Waals surface area contributed by atoms with Crippen molar-refractivity contribution >= 4 is 45.6 Å². The number of hydrogen-bond acceptors (Lipinski definition) is 1. The van der Waals surface area contributed by atoms with E-state index >= 15 is 0 Å². The molecule has 0 N–H and O–H groups in total. The first-order valence-electron chi connectivity index (χ1n) is 3.84. The van der Waals surface area contributed by atoms with Gasteiger partial charge in [0.1, 0.15) is 0 Å². The number of benzene rings is 1. The molecule has 0 amide bonds. The highest BCUT2D eigenvalue weighted by Crippen LogP contribution is 2.29. The highest BCUT2D eigenvalue weighted by atomic mass is 35.5. The van der Waals surface area contributed by atoms with Gasteiger partial charge in [-0.1, -0.05) is 34.8 Å². The van der Waals surface area contributed by atoms with Crippen LogP contribution in [0.4, 0.5) is 0 Å². The number of halogens is 3. The van der Waals surface area contributed by atoms with Gasteiger partial charge in [0.15, 0.2) is 5.78 Å². The highest BCUT2D eigenvalue weighted by Gasteiger charge is 2.05. The molecule has 14 heavy (non-hydrogen) atoms. The molecule has 0 spiro atoms. The summed E-state index contributed by atoms with van der Waals surface area (Å²) in [7, 11) is 0. The Bertz CT molecular complexity index is 396. The first-order valence-corrected chi connectivity index (χ1v) is 4.97. The second kappa shape index (κ2) is 4.83. The molecule has 0 atom stereocenters. The standard InChI is InChI=1S/C10H7Cl3O/c1-6(14)4-10(13)8-5-7(11)2-3-9(8)12/h2-5H,1H3/b10-4-. The van der Waals surface area contributed by atoms with Gasteiger partial charge in [-0.15, -0.1) is 0 Å². The number of carbonyl (C=O) groups excluding carboxylic acids is 1. The van der Waals surface area contributed by atoms with Gasteiger partial charge in [0.05, 0.1) is 5.03 Å². The molecule has 1 nitrogen and oxygen atoms in total. The summed E-state index contributed by atoms with van der Waals surface area (Å²) >= 11 is 17.5. The van der Waals surface area contributed by atoms with Crippen molar-refractivity contribution in [3.63, 3.8) is 0 Å². The molecule has 0 radical (unpaired) electrons. The van der Waals surface area contributed by atoms with Crippen LogP contribution in [0.2, 0.25) is 10.0 Å². The third-order valence-electron chi connectivity index (χ3n) is 1.52. The van der Waals surface area contributed by atoms with Crippen LogP contribution in [0, 0.1) is 0 Å². The Labute approximate surface area is 97.3 Å². The Morgan fingerprint density at radius 2 is 2.00 bits per heavy atom. The normalized spacial score (nSPS) is 11.6. The molecule has 4 heteroatoms. The molecule has 0 fully saturated rings. The fourth-order valence-corrected chi connectivity index (χ4v) is 1.69. The molecule has 0 saturated carbocycles. The number of hydrogen-bond donors (Lipinski definition) is 0. The van der Waals surface area contributed by atoms with E-state index in [9.17, 15) is 4.79 Å². The largest absolute Gasteiger partial charge is 0.295 e. The highest BCUT2D eigenvalue weighted by molar-refractivity contribution is 6.52. The van der Waals surface area contributed by atoms with Gasteiger partial charge in [-0.05, 0) is 25.1 Å². The molecule has 0 heterocycles. The smallest absolute Gasteiger partial charge is 0.154 e. The van der Waals surface area contributed by atoms with E-state index in [2.05, 4.69) is 0 Å². The van der Waals surface area contributed by atoms with E-state index < -0.39 is 0 Å². The van der Waals surface area contributed by atoms with Gasteiger partial charge in [-0.2, -0.15) is 0 Å². The maximum atomic E-state index is 10.8. The van der Waals surface area contributed by atoms with E-state index in [0.717, 1.165) is 0 Å². The summed E-state index contributed by atoms with van der Waals surface area (Å²) in [5.74, 6) is -0.133. The molecule has 0 aromatic heterocycles. The fraction of sp³-hybridized carbons (Fsp3) is 0.100. The Hall–Kier alpha value is -0.500. The molecule has 0 bridgehead atoms. The van der Waals surface area contributed by atoms with Crippen molar-refractivity contribution in [1.82, 2.24) is 0 Å². The first-order chi connectivity index (χ1) is 6.50. The van der Waals surface area contributed by atoms with Crippen LogP contribution < -0.4 is 0 Å². The molecule has 0 saturated heterocycles. The average Bonchev–Trinajstić information content (AvgIpc) is 2.08. The van der Waals surface area contributed by atoms with Crippen molar-refractivity contribution in [2.75, 3.05) is 0 Å². The van der Waals surface area contributed by atoms with Crippen LogP contribution in [-0.4, -0.2) is 5.78 Å². The molecule has 1 aromatic carbocycles. The number of carbonyl (C=O) groups is 1. The minimum atomic E-state index is -0.133. The second-order valence-electron chi connectivity index (χ2n) is 2.73. The molecule has 0 unspecified atom stereocenters. The maximum Gasteiger partial charge on any atom is 0.154 e. The van der Waals surface area contributed by atoms with Crippen molar-refractivity contribution in [1.29, 1.82) is 0 Å². The van der Waals surface area contributed by atoms with Crippen LogP contribution in [0.3, 0.4) is 0 Å². The van der Waals surface area contributed by atoms with E-state index in [1.54, 1.807) is 18.2 Å². The molecular formula is C10H7Cl3O. The molecular weight excluding hydrogens is 242 g/mol. The zero-order chi connectivity index (χ0) is 10.7. The van der Waals surface area contributed by atoms with E-state index in [4.69, 9.17) is 34.8 Å². The summed E-state index contributed by atoms with van der Waals surface area (Å²) in [6.45, 7) is 1.42. The fourth-order valence-electron chi connectivity index (χ4n) is 0.937. The Balaban J connectivity index is 3.18. The second-order valence-corrected chi connectivity index (χ2v) is 3.98. The van der Waals surface area contributed by atoms with Crippen LogP contribution in [-0.2, 0) is 4.79 Å². The van der Waals surface area contributed by atoms with Gasteiger partial charge in [0, 0.05) is 21.7 Å². The molecule has 1 aromatic rings. The summed E-state index contributed by atoms with van der Waals surface area (Å²) in [5, 5.41) is 1.29. The molecule has 0 aliphatic heterocycles. The summed E-state index contributed by atoms with van der Waals surface area (Å²) in [4.78, 5) is 10.8. The van der Waals surface area contributed by atoms with Gasteiger partial charge in [-0.3, -0.25) is 4.79 Å². The monoisotopic (exact) mass is 248 g/mol. The van der Waals surface area contributed by atoms with Gasteiger partial charge in [0.2, 0.25) is 0 Å². The lowest BCUT2D eigenvalue weighted by atomic mass is 10.2. The first kappa shape index (κ1) is 11.6. The molecule has 0 aliphatic carbocycles. The van der Waals surface area contributed by atoms with Gasteiger partial charge in [0.25, 0.3) is 0 Å². The maximum absolute atomic E-state index is 10.8. The zero-order valence-corrected chi connectivity index (χ0v) is 9.62. The molecule has 74 valence electrons. The van der Waals surface area contributed by atoms with Crippen LogP contribution in [0.25, 0.3) is 5.03 Å². The topological polar surface area (TPSA) is 17.1 Å². The third-order valence-corrected chi connectivity index (χ3v) is 2.39. The molecule has 0 aliphatic rings. The van der Waals surface area contributed by atoms with E-state index in [1.807, 2.05) is 0 Å². The van der Waals surface area contributed by atoms with Crippen LogP contribution in [0.1, 0.15) is 12.5 Å². The third kappa shape index (κ3) is 3.02. The summed E-state index contributed by atoms with van der Waals surface area (Å²) in [6, 6.07) is 4.91. The van der Waals surface area contributed by atoms with Crippen LogP contribution >= 0.6 is 34.8 Å². The van der Waals surface area contributed by atoms with Gasteiger partial charge in [-0.25, -0.2) is 0 Å². The van der Waals surface area contributed by atoms with Gasteiger partial charge >= 0.3 is 0 Å². The van der Waals surface area contributed by atoms with Crippen molar-refractivity contribution < 1.29 is 4.79 Å². The predicted molar refractivity (Wildman–Crippen MR) is 61.0 cm³/mol. The SMILES string of the molecule is CC(=O)/C=C(\Cl)c1cc(Cl)ccc1Cl. The van der Waals surface area contributed by atoms with Crippen LogP contribution in [0.15, 0.2) is 24.3 Å². The quantitative estimate of drug-likeness (QED) is 0.719. The minimum Gasteiger partial charge on any atom is -0.295 e. The number of ketones is 1. The summed E-state index contributed by atoms with van der Waals surface area (Å²) in [5.41, 5.74) is 0.566. The Morgan fingerprint density at radius 3 is 2.57 bits per heavy atom. The van der Waals surface area contributed by atoms with E-state index in [-0.39, 0.29) is 5.78 Å². The summed E-state index contributed by atoms with van der Waals surface area (Å²) < 4.78 is 0. The molecule has 1 rings (SSSR count). The van der Waals surface area contributed by atoms with E-state index in [0.29, 0.717) is 20.6 Å². The summed E-state index contributed by atoms with van der Waals surface area (Å²) in [6.07, 6.45) is 1.30. The Morgan fingerprint density at radius 1 is 1.36 bits per heavy atom. The lowest BCUT2D eigenvalue weighted by molar-refractivity contribution is -0.112. The lowest BCUT2D eigenvalue weighted by Crippen LogP contribution is -1.85. The number of allylic oxidation sites excluding steroid dienone is 1. The van der Waals surface area contributed by atoms with Crippen molar-refractivity contribution in [3.8, 4) is 0 Å². The van der Waals surface area contributed by atoms with Gasteiger partial charge < -0.3 is 0 Å². The van der Waals surface area contributed by atoms with Crippen molar-refractivity contribution in [3.05, 3.63) is 39.9 Å². The zero-order valence-electron chi connectivity index (χ0n) is 7.35. The van der Waals surface area contributed by atoms with E-state index in [1.165, 1.54) is 13.0 Å². The van der Waals surface area contributed by atoms with Crippen LogP contribution in [0.5, 0.6) is 0 Å². The average molecular weight is 250 g/mol. The Kier molecular flexibility index (Phi) is 3.99. The van der Waals surface area contributed by atoms with Crippen molar-refractivity contribution in [2.24, 2.45) is 0 Å².